The van der Waals surface area contributed by atoms with Gasteiger partial charge >= 0.3 is 0 Å². The van der Waals surface area contributed by atoms with Gasteiger partial charge in [0.2, 0.25) is 5.91 Å². The summed E-state index contributed by atoms with van der Waals surface area (Å²) >= 11 is 5.99. The smallest absolute Gasteiger partial charge is 0.265 e. The van der Waals surface area contributed by atoms with Crippen LogP contribution in [0.15, 0.2) is 18.2 Å². The molecule has 2 aliphatic heterocycles. The number of morpholine rings is 1. The highest BCUT2D eigenvalue weighted by Crippen LogP contribution is 2.34. The summed E-state index contributed by atoms with van der Waals surface area (Å²) in [6.45, 7) is 3.45. The first-order valence-electron chi connectivity index (χ1n) is 7.16. The molecule has 2 amide bonds. The van der Waals surface area contributed by atoms with Crippen LogP contribution in [0, 0.1) is 0 Å². The minimum Gasteiger partial charge on any atom is -0.482 e. The second-order valence-electron chi connectivity index (χ2n) is 5.40. The monoisotopic (exact) mass is 324 g/mol. The zero-order valence-corrected chi connectivity index (χ0v) is 13.0. The van der Waals surface area contributed by atoms with Crippen molar-refractivity contribution in [2.45, 2.75) is 13.0 Å². The fourth-order valence-electron chi connectivity index (χ4n) is 2.63. The molecule has 0 radical (unpaired) electrons. The van der Waals surface area contributed by atoms with Crippen LogP contribution in [0.5, 0.6) is 5.75 Å². The van der Waals surface area contributed by atoms with E-state index in [0.29, 0.717) is 36.2 Å². The zero-order valence-electron chi connectivity index (χ0n) is 12.3. The molecular formula is C15H17ClN2O4. The summed E-state index contributed by atoms with van der Waals surface area (Å²) in [6.07, 6.45) is 0.0137. The number of nitrogens with zero attached hydrogens (tertiary/aromatic N) is 2. The Morgan fingerprint density at radius 1 is 1.45 bits per heavy atom. The van der Waals surface area contributed by atoms with E-state index >= 15 is 0 Å². The molecule has 1 aromatic carbocycles. The molecule has 0 spiro atoms. The first-order valence-corrected chi connectivity index (χ1v) is 7.54. The highest BCUT2D eigenvalue weighted by molar-refractivity contribution is 6.31. The van der Waals surface area contributed by atoms with E-state index in [1.165, 1.54) is 4.90 Å². The molecule has 22 heavy (non-hydrogen) atoms. The number of fused-ring (bicyclic) bond motifs is 1. The third-order valence-corrected chi connectivity index (χ3v) is 3.99. The molecular weight excluding hydrogens is 308 g/mol. The van der Waals surface area contributed by atoms with Crippen molar-refractivity contribution >= 4 is 29.1 Å². The van der Waals surface area contributed by atoms with Gasteiger partial charge in [-0.1, -0.05) is 11.6 Å². The van der Waals surface area contributed by atoms with Crippen molar-refractivity contribution in [1.82, 2.24) is 4.90 Å². The molecule has 2 heterocycles. The third-order valence-electron chi connectivity index (χ3n) is 3.75. The molecule has 118 valence electrons. The fraction of sp³-hybridized carbons (Fsp3) is 0.467. The maximum atomic E-state index is 12.5. The van der Waals surface area contributed by atoms with E-state index < -0.39 is 0 Å². The molecule has 1 atom stereocenters. The number of carbonyl (C=O) groups excluding carboxylic acids is 2. The van der Waals surface area contributed by atoms with Crippen molar-refractivity contribution in [1.29, 1.82) is 0 Å². The largest absolute Gasteiger partial charge is 0.482 e. The maximum absolute atomic E-state index is 12.5. The molecule has 0 unspecified atom stereocenters. The Hall–Kier alpha value is -1.79. The van der Waals surface area contributed by atoms with Crippen molar-refractivity contribution in [2.75, 3.05) is 37.7 Å². The van der Waals surface area contributed by atoms with Gasteiger partial charge in [-0.3, -0.25) is 14.5 Å². The molecule has 0 saturated carbocycles. The van der Waals surface area contributed by atoms with E-state index in [0.717, 1.165) is 0 Å². The Kier molecular flexibility index (Phi) is 4.22. The summed E-state index contributed by atoms with van der Waals surface area (Å²) in [4.78, 5) is 27.7. The minimum atomic E-state index is -0.246. The standard InChI is InChI=1S/C15H17ClN2O4/c1-10-7-17(4-5-21-10)14(19)8-18-12-6-11(16)2-3-13(12)22-9-15(18)20/h2-3,6,10H,4-5,7-9H2,1H3/t10-/m0/s1. The average molecular weight is 325 g/mol. The van der Waals surface area contributed by atoms with Gasteiger partial charge in [0.05, 0.1) is 18.4 Å². The number of amides is 2. The van der Waals surface area contributed by atoms with Gasteiger partial charge in [0.15, 0.2) is 6.61 Å². The van der Waals surface area contributed by atoms with E-state index in [1.807, 2.05) is 6.92 Å². The van der Waals surface area contributed by atoms with Gasteiger partial charge in [-0.05, 0) is 25.1 Å². The van der Waals surface area contributed by atoms with Crippen LogP contribution in [0.3, 0.4) is 0 Å². The molecule has 2 aliphatic rings. The number of halogens is 1. The van der Waals surface area contributed by atoms with Gasteiger partial charge in [0.25, 0.3) is 5.91 Å². The fourth-order valence-corrected chi connectivity index (χ4v) is 2.80. The second-order valence-corrected chi connectivity index (χ2v) is 5.84. The van der Waals surface area contributed by atoms with Crippen LogP contribution in [0.4, 0.5) is 5.69 Å². The lowest BCUT2D eigenvalue weighted by Crippen LogP contribution is -2.50. The van der Waals surface area contributed by atoms with Crippen LogP contribution in [0.25, 0.3) is 0 Å². The highest BCUT2D eigenvalue weighted by atomic mass is 35.5. The molecule has 1 saturated heterocycles. The zero-order chi connectivity index (χ0) is 15.7. The number of hydrogen-bond acceptors (Lipinski definition) is 4. The van der Waals surface area contributed by atoms with Crippen LogP contribution in [0.1, 0.15) is 6.92 Å². The van der Waals surface area contributed by atoms with Gasteiger partial charge in [-0.15, -0.1) is 0 Å². The van der Waals surface area contributed by atoms with E-state index in [1.54, 1.807) is 23.1 Å². The lowest BCUT2D eigenvalue weighted by atomic mass is 10.2. The summed E-state index contributed by atoms with van der Waals surface area (Å²) in [5, 5.41) is 0.495. The Balaban J connectivity index is 1.78. The molecule has 1 aromatic rings. The van der Waals surface area contributed by atoms with Crippen LogP contribution >= 0.6 is 11.6 Å². The van der Waals surface area contributed by atoms with Crippen LogP contribution in [0.2, 0.25) is 5.02 Å². The summed E-state index contributed by atoms with van der Waals surface area (Å²) in [5.74, 6) is 0.216. The number of anilines is 1. The molecule has 1 fully saturated rings. The van der Waals surface area contributed by atoms with Crippen LogP contribution < -0.4 is 9.64 Å². The quantitative estimate of drug-likeness (QED) is 0.823. The van der Waals surface area contributed by atoms with Gasteiger partial charge in [0.1, 0.15) is 12.3 Å². The molecule has 7 heteroatoms. The minimum absolute atomic E-state index is 0.0117. The van der Waals surface area contributed by atoms with E-state index in [9.17, 15) is 9.59 Å². The predicted octanol–water partition coefficient (Wildman–Crippen LogP) is 1.31. The van der Waals surface area contributed by atoms with Gasteiger partial charge in [-0.25, -0.2) is 0 Å². The first kappa shape index (κ1) is 15.1. The lowest BCUT2D eigenvalue weighted by Gasteiger charge is -2.34. The van der Waals surface area contributed by atoms with Gasteiger partial charge in [-0.2, -0.15) is 0 Å². The van der Waals surface area contributed by atoms with Crippen molar-refractivity contribution in [3.05, 3.63) is 23.2 Å². The summed E-state index contributed by atoms with van der Waals surface area (Å²) in [6, 6.07) is 5.04. The van der Waals surface area contributed by atoms with Crippen LogP contribution in [-0.4, -0.2) is 55.7 Å². The summed E-state index contributed by atoms with van der Waals surface area (Å²) in [5.41, 5.74) is 0.540. The number of rotatable bonds is 2. The van der Waals surface area contributed by atoms with Crippen molar-refractivity contribution in [3.63, 3.8) is 0 Å². The molecule has 0 bridgehead atoms. The second kappa shape index (κ2) is 6.14. The van der Waals surface area contributed by atoms with Gasteiger partial charge in [0, 0.05) is 18.1 Å². The van der Waals surface area contributed by atoms with Crippen molar-refractivity contribution in [2.24, 2.45) is 0 Å². The summed E-state index contributed by atoms with van der Waals surface area (Å²) < 4.78 is 10.8. The maximum Gasteiger partial charge on any atom is 0.265 e. The van der Waals surface area contributed by atoms with E-state index in [2.05, 4.69) is 0 Å². The van der Waals surface area contributed by atoms with Crippen LogP contribution in [-0.2, 0) is 14.3 Å². The highest BCUT2D eigenvalue weighted by Gasteiger charge is 2.30. The predicted molar refractivity (Wildman–Crippen MR) is 81.3 cm³/mol. The average Bonchev–Trinajstić information content (AvgIpc) is 2.50. The Morgan fingerprint density at radius 2 is 2.27 bits per heavy atom. The number of hydrogen-bond donors (Lipinski definition) is 0. The number of ether oxygens (including phenoxy) is 2. The third kappa shape index (κ3) is 3.03. The van der Waals surface area contributed by atoms with Crippen molar-refractivity contribution < 1.29 is 19.1 Å². The Labute approximate surface area is 133 Å². The Morgan fingerprint density at radius 3 is 3.05 bits per heavy atom. The van der Waals surface area contributed by atoms with E-state index in [4.69, 9.17) is 21.1 Å². The molecule has 6 nitrogen and oxygen atoms in total. The molecule has 0 aromatic heterocycles. The molecule has 0 aliphatic carbocycles. The SMILES string of the molecule is C[C@H]1CN(C(=O)CN2C(=O)COc3ccc(Cl)cc32)CCO1. The normalized spacial score (nSPS) is 21.4. The van der Waals surface area contributed by atoms with Crippen molar-refractivity contribution in [3.8, 4) is 5.75 Å². The number of carbonyl (C=O) groups is 2. The summed E-state index contributed by atoms with van der Waals surface area (Å²) in [7, 11) is 0. The molecule has 3 rings (SSSR count). The number of benzene rings is 1. The molecule has 0 N–H and O–H groups in total. The lowest BCUT2D eigenvalue weighted by molar-refractivity contribution is -0.138. The first-order chi connectivity index (χ1) is 10.5. The Bertz CT molecular complexity index is 607. The topological polar surface area (TPSA) is 59.1 Å². The van der Waals surface area contributed by atoms with E-state index in [-0.39, 0.29) is 31.1 Å². The van der Waals surface area contributed by atoms with Gasteiger partial charge < -0.3 is 14.4 Å².